The molecule has 0 aromatic rings. The van der Waals surface area contributed by atoms with Crippen molar-refractivity contribution in [3.05, 3.63) is 0 Å². The smallest absolute Gasteiger partial charge is 0.163 e. The first-order chi connectivity index (χ1) is 6.57. The Bertz CT molecular complexity index is 273. The summed E-state index contributed by atoms with van der Waals surface area (Å²) < 4.78 is 0. The van der Waals surface area contributed by atoms with E-state index in [0.29, 0.717) is 18.6 Å². The number of hydrogen-bond donors (Lipinski definition) is 0. The first-order valence-electron chi connectivity index (χ1n) is 4.78. The van der Waals surface area contributed by atoms with Crippen molar-refractivity contribution in [1.29, 1.82) is 0 Å². The molecule has 4 heteroatoms. The van der Waals surface area contributed by atoms with E-state index in [2.05, 4.69) is 0 Å². The Hall–Kier alpha value is -0.640. The van der Waals surface area contributed by atoms with Gasteiger partial charge in [-0.05, 0) is 13.3 Å². The van der Waals surface area contributed by atoms with Gasteiger partial charge in [0.1, 0.15) is 5.92 Å². The molecular formula is C10H14O3S. The number of carbonyl (C=O) groups excluding carboxylic acids is 3. The molecule has 0 amide bonds. The molecule has 1 aliphatic heterocycles. The predicted octanol–water partition coefficient (Wildman–Crippen LogP) is 1.25. The largest absolute Gasteiger partial charge is 0.298 e. The second kappa shape index (κ2) is 4.73. The minimum Gasteiger partial charge on any atom is -0.298 e. The fourth-order valence-electron chi connectivity index (χ4n) is 1.49. The molecule has 1 saturated heterocycles. The second-order valence-electron chi connectivity index (χ2n) is 3.47. The minimum absolute atomic E-state index is 0.199. The van der Waals surface area contributed by atoms with Gasteiger partial charge >= 0.3 is 0 Å². The maximum Gasteiger partial charge on any atom is 0.163 e. The molecule has 78 valence electrons. The van der Waals surface area contributed by atoms with Gasteiger partial charge in [-0.1, -0.05) is 6.92 Å². The average molecular weight is 214 g/mol. The topological polar surface area (TPSA) is 51.2 Å². The minimum atomic E-state index is -0.953. The van der Waals surface area contributed by atoms with Crippen molar-refractivity contribution in [3.63, 3.8) is 0 Å². The quantitative estimate of drug-likeness (QED) is 0.663. The molecule has 0 aromatic carbocycles. The van der Waals surface area contributed by atoms with Crippen molar-refractivity contribution >= 4 is 29.1 Å². The molecule has 1 fully saturated rings. The Morgan fingerprint density at radius 1 is 1.50 bits per heavy atom. The highest BCUT2D eigenvalue weighted by Gasteiger charge is 2.39. The number of rotatable bonds is 3. The molecule has 0 bridgehead atoms. The molecular weight excluding hydrogens is 200 g/mol. The van der Waals surface area contributed by atoms with Crippen LogP contribution >= 0.6 is 11.8 Å². The van der Waals surface area contributed by atoms with Gasteiger partial charge in [0.05, 0.1) is 11.0 Å². The SMILES string of the molecule is CCCC(=O)C1C(=O)CSC(C)C1=O. The van der Waals surface area contributed by atoms with Crippen LogP contribution in [0.25, 0.3) is 0 Å². The van der Waals surface area contributed by atoms with E-state index < -0.39 is 5.92 Å². The highest BCUT2D eigenvalue weighted by Crippen LogP contribution is 2.25. The van der Waals surface area contributed by atoms with Gasteiger partial charge in [0.15, 0.2) is 17.3 Å². The highest BCUT2D eigenvalue weighted by atomic mass is 32.2. The summed E-state index contributed by atoms with van der Waals surface area (Å²) in [6, 6.07) is 0. The summed E-state index contributed by atoms with van der Waals surface area (Å²) in [4.78, 5) is 34.5. The third-order valence-corrected chi connectivity index (χ3v) is 3.48. The Morgan fingerprint density at radius 2 is 2.14 bits per heavy atom. The summed E-state index contributed by atoms with van der Waals surface area (Å²) >= 11 is 1.32. The molecule has 0 saturated carbocycles. The Morgan fingerprint density at radius 3 is 2.71 bits per heavy atom. The number of ketones is 3. The summed E-state index contributed by atoms with van der Waals surface area (Å²) in [6.45, 7) is 3.62. The van der Waals surface area contributed by atoms with E-state index in [1.165, 1.54) is 11.8 Å². The maximum atomic E-state index is 11.6. The summed E-state index contributed by atoms with van der Waals surface area (Å²) in [7, 11) is 0. The monoisotopic (exact) mass is 214 g/mol. The van der Waals surface area contributed by atoms with Crippen LogP contribution in [0.2, 0.25) is 0 Å². The molecule has 1 heterocycles. The van der Waals surface area contributed by atoms with Gasteiger partial charge in [0.2, 0.25) is 0 Å². The van der Waals surface area contributed by atoms with Crippen molar-refractivity contribution in [2.75, 3.05) is 5.75 Å². The average Bonchev–Trinajstić information content (AvgIpc) is 2.13. The van der Waals surface area contributed by atoms with Crippen LogP contribution in [0, 0.1) is 5.92 Å². The zero-order chi connectivity index (χ0) is 10.7. The van der Waals surface area contributed by atoms with Gasteiger partial charge in [-0.2, -0.15) is 0 Å². The maximum absolute atomic E-state index is 11.6. The van der Waals surface area contributed by atoms with Crippen LogP contribution in [0.4, 0.5) is 0 Å². The Kier molecular flexibility index (Phi) is 3.86. The molecule has 1 rings (SSSR count). The molecule has 2 unspecified atom stereocenters. The fraction of sp³-hybridized carbons (Fsp3) is 0.700. The van der Waals surface area contributed by atoms with Crippen LogP contribution < -0.4 is 0 Å². The van der Waals surface area contributed by atoms with Gasteiger partial charge in [-0.15, -0.1) is 11.8 Å². The molecule has 14 heavy (non-hydrogen) atoms. The van der Waals surface area contributed by atoms with E-state index in [1.807, 2.05) is 6.92 Å². The van der Waals surface area contributed by atoms with E-state index in [-0.39, 0.29) is 22.6 Å². The molecule has 0 aromatic heterocycles. The van der Waals surface area contributed by atoms with Crippen LogP contribution in [-0.2, 0) is 14.4 Å². The van der Waals surface area contributed by atoms with Gasteiger partial charge in [0.25, 0.3) is 0 Å². The Labute approximate surface area is 87.6 Å². The molecule has 0 spiro atoms. The number of Topliss-reactive ketones (excluding diaryl/α,β-unsaturated/α-hetero) is 3. The Balaban J connectivity index is 2.77. The van der Waals surface area contributed by atoms with E-state index in [0.717, 1.165) is 0 Å². The van der Waals surface area contributed by atoms with Crippen molar-refractivity contribution in [2.45, 2.75) is 31.9 Å². The normalized spacial score (nSPS) is 27.9. The fourth-order valence-corrected chi connectivity index (χ4v) is 2.38. The summed E-state index contributed by atoms with van der Waals surface area (Å²) in [6.07, 6.45) is 1.02. The van der Waals surface area contributed by atoms with E-state index >= 15 is 0 Å². The van der Waals surface area contributed by atoms with Crippen LogP contribution in [0.1, 0.15) is 26.7 Å². The number of thioether (sulfide) groups is 1. The third-order valence-electron chi connectivity index (χ3n) is 2.30. The van der Waals surface area contributed by atoms with Crippen molar-refractivity contribution in [1.82, 2.24) is 0 Å². The zero-order valence-electron chi connectivity index (χ0n) is 8.41. The van der Waals surface area contributed by atoms with Gasteiger partial charge in [-0.3, -0.25) is 14.4 Å². The first-order valence-corrected chi connectivity index (χ1v) is 5.83. The lowest BCUT2D eigenvalue weighted by Crippen LogP contribution is -2.41. The van der Waals surface area contributed by atoms with E-state index in [4.69, 9.17) is 0 Å². The van der Waals surface area contributed by atoms with Crippen molar-refractivity contribution in [3.8, 4) is 0 Å². The summed E-state index contributed by atoms with van der Waals surface area (Å²) in [5.74, 6) is -1.27. The highest BCUT2D eigenvalue weighted by molar-refractivity contribution is 8.01. The number of carbonyl (C=O) groups is 3. The lowest BCUT2D eigenvalue weighted by Gasteiger charge is -2.22. The molecule has 0 aliphatic carbocycles. The van der Waals surface area contributed by atoms with E-state index in [1.54, 1.807) is 6.92 Å². The lowest BCUT2D eigenvalue weighted by molar-refractivity contribution is -0.139. The lowest BCUT2D eigenvalue weighted by atomic mass is 9.90. The standard InChI is InChI=1S/C10H14O3S/c1-3-4-7(11)9-8(12)5-14-6(2)10(9)13/h6,9H,3-5H2,1-2H3. The molecule has 0 N–H and O–H groups in total. The summed E-state index contributed by atoms with van der Waals surface area (Å²) in [5.41, 5.74) is 0. The van der Waals surface area contributed by atoms with Crippen molar-refractivity contribution < 1.29 is 14.4 Å². The molecule has 2 atom stereocenters. The second-order valence-corrected chi connectivity index (χ2v) is 4.80. The summed E-state index contributed by atoms with van der Waals surface area (Å²) in [5, 5.41) is -0.210. The number of hydrogen-bond acceptors (Lipinski definition) is 4. The molecule has 3 nitrogen and oxygen atoms in total. The van der Waals surface area contributed by atoms with E-state index in [9.17, 15) is 14.4 Å². The van der Waals surface area contributed by atoms with Crippen LogP contribution in [0.3, 0.4) is 0 Å². The van der Waals surface area contributed by atoms with Crippen LogP contribution in [0.5, 0.6) is 0 Å². The molecule has 0 radical (unpaired) electrons. The van der Waals surface area contributed by atoms with Gasteiger partial charge in [0, 0.05) is 6.42 Å². The predicted molar refractivity (Wildman–Crippen MR) is 55.3 cm³/mol. The first kappa shape index (κ1) is 11.4. The van der Waals surface area contributed by atoms with Gasteiger partial charge in [-0.25, -0.2) is 0 Å². The zero-order valence-corrected chi connectivity index (χ0v) is 9.23. The van der Waals surface area contributed by atoms with Crippen LogP contribution in [-0.4, -0.2) is 28.4 Å². The third kappa shape index (κ3) is 2.23. The van der Waals surface area contributed by atoms with Crippen molar-refractivity contribution in [2.24, 2.45) is 5.92 Å². The molecule has 1 aliphatic rings. The van der Waals surface area contributed by atoms with Gasteiger partial charge < -0.3 is 0 Å². The van der Waals surface area contributed by atoms with Crippen LogP contribution in [0.15, 0.2) is 0 Å².